The lowest BCUT2D eigenvalue weighted by Crippen LogP contribution is -2.25. The average molecular weight is 314 g/mol. The van der Waals surface area contributed by atoms with E-state index < -0.39 is 4.92 Å². The van der Waals surface area contributed by atoms with Crippen LogP contribution in [0, 0.1) is 10.1 Å². The van der Waals surface area contributed by atoms with Crippen LogP contribution in [-0.2, 0) is 0 Å². The minimum Gasteiger partial charge on any atom is -0.319 e. The Morgan fingerprint density at radius 2 is 1.86 bits per heavy atom. The molecule has 0 aliphatic heterocycles. The van der Waals surface area contributed by atoms with Crippen LogP contribution in [-0.4, -0.2) is 9.91 Å². The van der Waals surface area contributed by atoms with Gasteiger partial charge in [-0.15, -0.1) is 11.3 Å². The van der Waals surface area contributed by atoms with Gasteiger partial charge in [-0.2, -0.15) is 5.10 Å². The first-order valence-corrected chi connectivity index (χ1v) is 7.11. The molecule has 8 heteroatoms. The number of fused-ring (bicyclic) bond motifs is 1. The molecule has 0 radical (unpaired) electrons. The van der Waals surface area contributed by atoms with E-state index in [2.05, 4.69) is 15.5 Å². The third kappa shape index (κ3) is 2.86. The third-order valence-electron chi connectivity index (χ3n) is 2.90. The predicted molar refractivity (Wildman–Crippen MR) is 84.7 cm³/mol. The fourth-order valence-electron chi connectivity index (χ4n) is 1.83. The number of non-ortho nitro benzene ring substituents is 1. The van der Waals surface area contributed by atoms with Gasteiger partial charge in [0.1, 0.15) is 0 Å². The smallest absolute Gasteiger partial charge is 0.286 e. The Morgan fingerprint density at radius 3 is 2.59 bits per heavy atom. The third-order valence-corrected chi connectivity index (χ3v) is 3.95. The first kappa shape index (κ1) is 14.0. The van der Waals surface area contributed by atoms with Gasteiger partial charge in [-0.25, -0.2) is 0 Å². The molecule has 0 amide bonds. The zero-order valence-corrected chi connectivity index (χ0v) is 12.0. The number of hydrogen-bond donors (Lipinski definition) is 2. The molecule has 3 aromatic rings. The number of nitrogens with one attached hydrogen (secondary N) is 2. The van der Waals surface area contributed by atoms with Crippen LogP contribution in [0.3, 0.4) is 0 Å². The fourth-order valence-corrected chi connectivity index (χ4v) is 2.65. The van der Waals surface area contributed by atoms with Gasteiger partial charge in [0.2, 0.25) is 4.67 Å². The lowest BCUT2D eigenvalue weighted by molar-refractivity contribution is -0.384. The number of rotatable bonds is 3. The summed E-state index contributed by atoms with van der Waals surface area (Å²) >= 11 is 1.26. The molecule has 0 aliphatic rings. The van der Waals surface area contributed by atoms with Crippen molar-refractivity contribution in [2.45, 2.75) is 0 Å². The zero-order chi connectivity index (χ0) is 15.5. The van der Waals surface area contributed by atoms with Crippen molar-refractivity contribution in [2.24, 2.45) is 5.10 Å². The predicted octanol–water partition coefficient (Wildman–Crippen LogP) is 2.43. The number of hydrogen-bond acceptors (Lipinski definition) is 6. The first-order chi connectivity index (χ1) is 10.6. The van der Waals surface area contributed by atoms with Gasteiger partial charge in [0.25, 0.3) is 11.2 Å². The summed E-state index contributed by atoms with van der Waals surface area (Å²) in [5, 5.41) is 14.6. The van der Waals surface area contributed by atoms with Gasteiger partial charge in [0.05, 0.1) is 20.8 Å². The number of benzene rings is 2. The highest BCUT2D eigenvalue weighted by molar-refractivity contribution is 7.16. The Hall–Kier alpha value is -3.00. The van der Waals surface area contributed by atoms with E-state index in [0.29, 0.717) is 5.69 Å². The molecule has 0 spiro atoms. The molecule has 0 fully saturated rings. The van der Waals surface area contributed by atoms with E-state index in [9.17, 15) is 14.9 Å². The number of para-hydroxylation sites is 1. The molecule has 3 rings (SSSR count). The van der Waals surface area contributed by atoms with Crippen LogP contribution < -0.4 is 15.7 Å². The largest absolute Gasteiger partial charge is 0.319 e. The monoisotopic (exact) mass is 314 g/mol. The van der Waals surface area contributed by atoms with Crippen molar-refractivity contribution in [3.05, 3.63) is 73.7 Å². The maximum absolute atomic E-state index is 11.9. The van der Waals surface area contributed by atoms with Crippen molar-refractivity contribution in [2.75, 3.05) is 5.43 Å². The molecule has 0 aliphatic carbocycles. The summed E-state index contributed by atoms with van der Waals surface area (Å²) in [6.07, 6.45) is 0. The van der Waals surface area contributed by atoms with E-state index in [1.54, 1.807) is 0 Å². The minimum atomic E-state index is -0.475. The molecule has 2 aromatic carbocycles. The second-order valence-electron chi connectivity index (χ2n) is 4.39. The summed E-state index contributed by atoms with van der Waals surface area (Å²) in [5.74, 6) is 0. The Labute approximate surface area is 127 Å². The summed E-state index contributed by atoms with van der Waals surface area (Å²) in [6, 6.07) is 13.2. The number of nitro groups is 1. The summed E-state index contributed by atoms with van der Waals surface area (Å²) in [4.78, 5) is 24.8. The fraction of sp³-hybridized carbons (Fsp3) is 0. The Bertz CT molecular complexity index is 960. The number of aromatic nitrogens is 1. The molecule has 0 bridgehead atoms. The van der Waals surface area contributed by atoms with Gasteiger partial charge in [0, 0.05) is 12.1 Å². The van der Waals surface area contributed by atoms with E-state index in [0.717, 1.165) is 10.2 Å². The molecule has 1 aromatic heterocycles. The van der Waals surface area contributed by atoms with Gasteiger partial charge in [0.15, 0.2) is 0 Å². The van der Waals surface area contributed by atoms with Crippen molar-refractivity contribution >= 4 is 32.9 Å². The van der Waals surface area contributed by atoms with Crippen LogP contribution in [0.5, 0.6) is 0 Å². The maximum atomic E-state index is 11.9. The topological polar surface area (TPSA) is 100 Å². The van der Waals surface area contributed by atoms with Crippen molar-refractivity contribution in [3.63, 3.8) is 0 Å². The van der Waals surface area contributed by atoms with Crippen molar-refractivity contribution in [1.82, 2.24) is 4.98 Å². The Morgan fingerprint density at radius 1 is 1.14 bits per heavy atom. The second kappa shape index (κ2) is 5.78. The molecule has 0 saturated carbocycles. The molecular formula is C14H10N4O3S. The molecule has 1 heterocycles. The molecule has 0 saturated heterocycles. The highest BCUT2D eigenvalue weighted by Crippen LogP contribution is 2.15. The minimum absolute atomic E-state index is 0.00286. The average Bonchev–Trinajstić information content (AvgIpc) is 2.53. The van der Waals surface area contributed by atoms with E-state index in [4.69, 9.17) is 0 Å². The summed E-state index contributed by atoms with van der Waals surface area (Å²) < 4.78 is 1.18. The van der Waals surface area contributed by atoms with Crippen LogP contribution in [0.2, 0.25) is 0 Å². The normalized spacial score (nSPS) is 11.5. The Kier molecular flexibility index (Phi) is 3.67. The van der Waals surface area contributed by atoms with Crippen LogP contribution in [0.1, 0.15) is 0 Å². The quantitative estimate of drug-likeness (QED) is 0.572. The summed E-state index contributed by atoms with van der Waals surface area (Å²) in [7, 11) is 0. The van der Waals surface area contributed by atoms with E-state index in [-0.39, 0.29) is 15.9 Å². The van der Waals surface area contributed by atoms with Crippen molar-refractivity contribution in [1.29, 1.82) is 0 Å². The number of H-pyrrole nitrogens is 1. The van der Waals surface area contributed by atoms with Crippen LogP contribution in [0.4, 0.5) is 11.4 Å². The number of anilines is 1. The SMILES string of the molecule is O=c1[nH]c2ccccc2s/c1=N/Nc1ccc([N+](=O)[O-])cc1. The molecule has 0 atom stereocenters. The second-order valence-corrected chi connectivity index (χ2v) is 5.42. The van der Waals surface area contributed by atoms with Crippen molar-refractivity contribution in [3.8, 4) is 0 Å². The van der Waals surface area contributed by atoms with Crippen LogP contribution in [0.25, 0.3) is 10.2 Å². The van der Waals surface area contributed by atoms with E-state index in [1.165, 1.54) is 35.6 Å². The lowest BCUT2D eigenvalue weighted by atomic mass is 10.3. The van der Waals surface area contributed by atoms with Crippen molar-refractivity contribution < 1.29 is 4.92 Å². The number of nitro benzene ring substituents is 1. The summed E-state index contributed by atoms with van der Waals surface area (Å²) in [5.41, 5.74) is 3.75. The van der Waals surface area contributed by atoms with Gasteiger partial charge in [-0.1, -0.05) is 12.1 Å². The highest BCUT2D eigenvalue weighted by atomic mass is 32.1. The maximum Gasteiger partial charge on any atom is 0.286 e. The lowest BCUT2D eigenvalue weighted by Gasteiger charge is -1.99. The first-order valence-electron chi connectivity index (χ1n) is 6.30. The Balaban J connectivity index is 1.93. The highest BCUT2D eigenvalue weighted by Gasteiger charge is 2.03. The van der Waals surface area contributed by atoms with E-state index >= 15 is 0 Å². The molecule has 2 N–H and O–H groups in total. The molecule has 22 heavy (non-hydrogen) atoms. The zero-order valence-electron chi connectivity index (χ0n) is 11.1. The van der Waals surface area contributed by atoms with Crippen LogP contribution in [0.15, 0.2) is 58.4 Å². The van der Waals surface area contributed by atoms with Gasteiger partial charge in [-0.05, 0) is 24.3 Å². The number of nitrogens with zero attached hydrogens (tertiary/aromatic N) is 2. The van der Waals surface area contributed by atoms with Gasteiger partial charge < -0.3 is 4.98 Å². The molecule has 0 unspecified atom stereocenters. The van der Waals surface area contributed by atoms with E-state index in [1.807, 2.05) is 24.3 Å². The van der Waals surface area contributed by atoms with Gasteiger partial charge >= 0.3 is 0 Å². The number of aromatic amines is 1. The molecular weight excluding hydrogens is 304 g/mol. The summed E-state index contributed by atoms with van der Waals surface area (Å²) in [6.45, 7) is 0. The molecule has 7 nitrogen and oxygen atoms in total. The van der Waals surface area contributed by atoms with Crippen LogP contribution >= 0.6 is 11.3 Å². The standard InChI is InChI=1S/C14H10N4O3S/c19-13-14(22-12-4-2-1-3-11(12)15-13)17-16-9-5-7-10(8-6-9)18(20)21/h1-8,16H,(H,15,19)/b17-14+. The molecule has 110 valence electrons. The van der Waals surface area contributed by atoms with Gasteiger partial charge in [-0.3, -0.25) is 20.3 Å².